The van der Waals surface area contributed by atoms with Gasteiger partial charge in [-0.05, 0) is 30.1 Å². The van der Waals surface area contributed by atoms with Crippen molar-refractivity contribution in [2.75, 3.05) is 0 Å². The molecule has 0 heterocycles. The highest BCUT2D eigenvalue weighted by Gasteiger charge is 2.42. The Morgan fingerprint density at radius 1 is 1.12 bits per heavy atom. The number of unbranched alkanes of at least 4 members (excludes halogenated alkanes) is 4. The van der Waals surface area contributed by atoms with Crippen molar-refractivity contribution in [1.82, 2.24) is 0 Å². The van der Waals surface area contributed by atoms with Gasteiger partial charge in [0.05, 0.1) is 0 Å². The Labute approximate surface area is 103 Å². The number of hydrogen-bond acceptors (Lipinski definition) is 0. The zero-order chi connectivity index (χ0) is 12.0. The quantitative estimate of drug-likeness (QED) is 0.360. The first-order valence-corrected chi connectivity index (χ1v) is 7.33. The molecule has 1 saturated carbocycles. The van der Waals surface area contributed by atoms with E-state index in [1.54, 1.807) is 0 Å². The molecule has 0 heteroatoms. The minimum atomic E-state index is 0.743. The van der Waals surface area contributed by atoms with Crippen LogP contribution in [0.4, 0.5) is 0 Å². The van der Waals surface area contributed by atoms with Gasteiger partial charge < -0.3 is 0 Å². The lowest BCUT2D eigenvalue weighted by Gasteiger charge is -2.12. The van der Waals surface area contributed by atoms with Crippen molar-refractivity contribution in [2.24, 2.45) is 23.7 Å². The normalized spacial score (nSPS) is 27.4. The summed E-state index contributed by atoms with van der Waals surface area (Å²) in [4.78, 5) is 0. The zero-order valence-corrected chi connectivity index (χ0v) is 11.5. The number of hydrogen-bond donors (Lipinski definition) is 0. The highest BCUT2D eigenvalue weighted by Crippen LogP contribution is 2.50. The van der Waals surface area contributed by atoms with E-state index in [0.717, 1.165) is 23.7 Å². The summed E-state index contributed by atoms with van der Waals surface area (Å²) < 4.78 is 0. The molecule has 0 saturated heterocycles. The lowest BCUT2D eigenvalue weighted by molar-refractivity contribution is 0.398. The van der Waals surface area contributed by atoms with Gasteiger partial charge in [-0.15, -0.1) is 6.58 Å². The summed E-state index contributed by atoms with van der Waals surface area (Å²) in [6.45, 7) is 11.0. The second kappa shape index (κ2) is 7.14. The first kappa shape index (κ1) is 13.8. The van der Waals surface area contributed by atoms with Crippen molar-refractivity contribution in [3.05, 3.63) is 12.7 Å². The van der Waals surface area contributed by atoms with Crippen LogP contribution in [0.25, 0.3) is 0 Å². The molecule has 94 valence electrons. The van der Waals surface area contributed by atoms with Gasteiger partial charge in [-0.2, -0.15) is 0 Å². The van der Waals surface area contributed by atoms with Gasteiger partial charge in [-0.1, -0.05) is 65.4 Å². The second-order valence-corrected chi connectivity index (χ2v) is 5.84. The third-order valence-electron chi connectivity index (χ3n) is 4.43. The molecule has 1 rings (SSSR count). The molecule has 1 fully saturated rings. The van der Waals surface area contributed by atoms with E-state index in [2.05, 4.69) is 33.4 Å². The maximum absolute atomic E-state index is 3.91. The molecule has 1 aliphatic carbocycles. The van der Waals surface area contributed by atoms with Crippen LogP contribution in [0, 0.1) is 23.7 Å². The summed E-state index contributed by atoms with van der Waals surface area (Å²) in [7, 11) is 0. The third kappa shape index (κ3) is 4.31. The highest BCUT2D eigenvalue weighted by molar-refractivity contribution is 4.97. The molecule has 0 nitrogen and oxygen atoms in total. The SMILES string of the molecule is C=CC(C)C1CC1C(C)CCCCCCC. The predicted octanol–water partition coefficient (Wildman–Crippen LogP) is 5.44. The number of rotatable bonds is 9. The van der Waals surface area contributed by atoms with Crippen LogP contribution in [0.15, 0.2) is 12.7 Å². The van der Waals surface area contributed by atoms with Crippen LogP contribution in [0.1, 0.15) is 65.7 Å². The van der Waals surface area contributed by atoms with Crippen molar-refractivity contribution in [1.29, 1.82) is 0 Å². The van der Waals surface area contributed by atoms with E-state index in [4.69, 9.17) is 0 Å². The molecule has 0 spiro atoms. The molecular formula is C16H30. The topological polar surface area (TPSA) is 0 Å². The summed E-state index contributed by atoms with van der Waals surface area (Å²) in [5, 5.41) is 0. The molecule has 0 aliphatic heterocycles. The molecular weight excluding hydrogens is 192 g/mol. The molecule has 1 aliphatic rings. The van der Waals surface area contributed by atoms with E-state index in [0.29, 0.717) is 0 Å². The molecule has 0 radical (unpaired) electrons. The number of allylic oxidation sites excluding steroid dienone is 1. The van der Waals surface area contributed by atoms with Gasteiger partial charge in [0, 0.05) is 0 Å². The fourth-order valence-corrected chi connectivity index (χ4v) is 2.95. The van der Waals surface area contributed by atoms with Crippen molar-refractivity contribution in [3.8, 4) is 0 Å². The molecule has 0 aromatic heterocycles. The third-order valence-corrected chi connectivity index (χ3v) is 4.43. The Balaban J connectivity index is 2.04. The van der Waals surface area contributed by atoms with Crippen molar-refractivity contribution in [2.45, 2.75) is 65.7 Å². The molecule has 0 aromatic rings. The van der Waals surface area contributed by atoms with Gasteiger partial charge in [-0.3, -0.25) is 0 Å². The molecule has 0 bridgehead atoms. The van der Waals surface area contributed by atoms with Crippen molar-refractivity contribution >= 4 is 0 Å². The van der Waals surface area contributed by atoms with E-state index in [-0.39, 0.29) is 0 Å². The first-order chi connectivity index (χ1) is 7.70. The van der Waals surface area contributed by atoms with Crippen LogP contribution in [-0.4, -0.2) is 0 Å². The highest BCUT2D eigenvalue weighted by atomic mass is 14.5. The molecule has 4 atom stereocenters. The average molecular weight is 222 g/mol. The summed E-state index contributed by atoms with van der Waals surface area (Å²) in [6, 6.07) is 0. The van der Waals surface area contributed by atoms with Gasteiger partial charge in [-0.25, -0.2) is 0 Å². The summed E-state index contributed by atoms with van der Waals surface area (Å²) in [5.74, 6) is 3.67. The Hall–Kier alpha value is -0.260. The van der Waals surface area contributed by atoms with E-state index in [1.807, 2.05) is 0 Å². The molecule has 4 unspecified atom stereocenters. The van der Waals surface area contributed by atoms with Crippen molar-refractivity contribution in [3.63, 3.8) is 0 Å². The fraction of sp³-hybridized carbons (Fsp3) is 0.875. The van der Waals surface area contributed by atoms with Crippen LogP contribution in [0.5, 0.6) is 0 Å². The molecule has 0 N–H and O–H groups in total. The van der Waals surface area contributed by atoms with E-state index < -0.39 is 0 Å². The van der Waals surface area contributed by atoms with Crippen LogP contribution in [0.2, 0.25) is 0 Å². The Morgan fingerprint density at radius 2 is 1.81 bits per heavy atom. The summed E-state index contributed by atoms with van der Waals surface area (Å²) in [6.07, 6.45) is 12.2. The lowest BCUT2D eigenvalue weighted by Crippen LogP contribution is -2.03. The smallest absolute Gasteiger partial charge is 0.0233 e. The van der Waals surface area contributed by atoms with Crippen LogP contribution >= 0.6 is 0 Å². The largest absolute Gasteiger partial charge is 0.103 e. The zero-order valence-electron chi connectivity index (χ0n) is 11.5. The monoisotopic (exact) mass is 222 g/mol. The maximum atomic E-state index is 3.91. The van der Waals surface area contributed by atoms with E-state index >= 15 is 0 Å². The van der Waals surface area contributed by atoms with Gasteiger partial charge in [0.1, 0.15) is 0 Å². The molecule has 0 amide bonds. The van der Waals surface area contributed by atoms with E-state index in [9.17, 15) is 0 Å². The predicted molar refractivity (Wildman–Crippen MR) is 73.5 cm³/mol. The van der Waals surface area contributed by atoms with Gasteiger partial charge in [0.2, 0.25) is 0 Å². The molecule has 0 aromatic carbocycles. The minimum absolute atomic E-state index is 0.743. The van der Waals surface area contributed by atoms with Gasteiger partial charge in [0.15, 0.2) is 0 Å². The Bertz CT molecular complexity index is 194. The first-order valence-electron chi connectivity index (χ1n) is 7.33. The van der Waals surface area contributed by atoms with Gasteiger partial charge >= 0.3 is 0 Å². The molecule has 16 heavy (non-hydrogen) atoms. The van der Waals surface area contributed by atoms with Crippen molar-refractivity contribution < 1.29 is 0 Å². The lowest BCUT2D eigenvalue weighted by atomic mass is 9.93. The van der Waals surface area contributed by atoms with Gasteiger partial charge in [0.25, 0.3) is 0 Å². The Kier molecular flexibility index (Phi) is 6.16. The van der Waals surface area contributed by atoms with Crippen LogP contribution < -0.4 is 0 Å². The van der Waals surface area contributed by atoms with E-state index in [1.165, 1.54) is 44.9 Å². The standard InChI is InChI=1S/C16H30/c1-5-7-8-9-10-11-14(4)16-12-15(16)13(3)6-2/h6,13-16H,2,5,7-12H2,1,3-4H3. The van der Waals surface area contributed by atoms with Crippen LogP contribution in [0.3, 0.4) is 0 Å². The minimum Gasteiger partial charge on any atom is -0.103 e. The summed E-state index contributed by atoms with van der Waals surface area (Å²) in [5.41, 5.74) is 0. The fourth-order valence-electron chi connectivity index (χ4n) is 2.95. The average Bonchev–Trinajstić information content (AvgIpc) is 3.07. The Morgan fingerprint density at radius 3 is 2.44 bits per heavy atom. The van der Waals surface area contributed by atoms with Crippen LogP contribution in [-0.2, 0) is 0 Å². The second-order valence-electron chi connectivity index (χ2n) is 5.84. The summed E-state index contributed by atoms with van der Waals surface area (Å²) >= 11 is 0. The maximum Gasteiger partial charge on any atom is -0.0233 e.